The Hall–Kier alpha value is -3.96. The summed E-state index contributed by atoms with van der Waals surface area (Å²) in [5.41, 5.74) is 1.63. The molecule has 0 saturated carbocycles. The van der Waals surface area contributed by atoms with E-state index in [4.69, 9.17) is 19.0 Å². The van der Waals surface area contributed by atoms with Crippen LogP contribution < -0.4 is 10.6 Å². The van der Waals surface area contributed by atoms with Gasteiger partial charge >= 0.3 is 0 Å². The number of furan rings is 1. The van der Waals surface area contributed by atoms with Gasteiger partial charge in [0, 0.05) is 49.1 Å². The monoisotopic (exact) mass is 496 g/mol. The number of ether oxygens (including phenoxy) is 2. The normalized spacial score (nSPS) is 17.3. The van der Waals surface area contributed by atoms with Crippen LogP contribution in [0.1, 0.15) is 30.7 Å². The number of para-hydroxylation sites is 1. The molecule has 11 nitrogen and oxygen atoms in total. The topological polar surface area (TPSA) is 149 Å². The van der Waals surface area contributed by atoms with Crippen LogP contribution in [-0.2, 0) is 14.3 Å². The van der Waals surface area contributed by atoms with Crippen LogP contribution in [0.25, 0.3) is 11.0 Å². The van der Waals surface area contributed by atoms with E-state index in [0.29, 0.717) is 38.2 Å². The van der Waals surface area contributed by atoms with Gasteiger partial charge in [-0.2, -0.15) is 0 Å². The number of carbonyl (C=O) groups is 1. The molecule has 11 heteroatoms. The summed E-state index contributed by atoms with van der Waals surface area (Å²) in [6, 6.07) is 10.6. The predicted octanol–water partition coefficient (Wildman–Crippen LogP) is 3.47. The van der Waals surface area contributed by atoms with Gasteiger partial charge in [-0.15, -0.1) is 0 Å². The van der Waals surface area contributed by atoms with Crippen LogP contribution in [0.15, 0.2) is 65.1 Å². The molecule has 3 aromatic rings. The summed E-state index contributed by atoms with van der Waals surface area (Å²) in [5.74, 6) is 0.103. The minimum Gasteiger partial charge on any atom is -0.464 e. The summed E-state index contributed by atoms with van der Waals surface area (Å²) >= 11 is 0. The molecule has 0 bridgehead atoms. The van der Waals surface area contributed by atoms with E-state index < -0.39 is 11.2 Å². The number of allylic oxidation sites excluding steroid dienone is 1. The Morgan fingerprint density at radius 1 is 1.22 bits per heavy atom. The fourth-order valence-corrected chi connectivity index (χ4v) is 3.90. The molecule has 1 aromatic carbocycles. The minimum atomic E-state index is -0.615. The van der Waals surface area contributed by atoms with Gasteiger partial charge in [0.1, 0.15) is 17.6 Å². The molecule has 36 heavy (non-hydrogen) atoms. The number of anilines is 1. The Morgan fingerprint density at radius 3 is 2.86 bits per heavy atom. The number of rotatable bonds is 12. The van der Waals surface area contributed by atoms with Crippen molar-refractivity contribution in [1.82, 2.24) is 10.3 Å². The third-order valence-electron chi connectivity index (χ3n) is 5.72. The van der Waals surface area contributed by atoms with Crippen molar-refractivity contribution in [3.63, 3.8) is 0 Å². The zero-order chi connectivity index (χ0) is 25.3. The van der Waals surface area contributed by atoms with E-state index in [1.807, 2.05) is 24.3 Å². The first-order valence-electron chi connectivity index (χ1n) is 11.7. The van der Waals surface area contributed by atoms with Crippen molar-refractivity contribution in [3.8, 4) is 0 Å². The van der Waals surface area contributed by atoms with Crippen LogP contribution in [0.4, 0.5) is 11.5 Å². The summed E-state index contributed by atoms with van der Waals surface area (Å²) in [6.07, 6.45) is 5.87. The van der Waals surface area contributed by atoms with Crippen LogP contribution in [0.2, 0.25) is 0 Å². The first-order valence-corrected chi connectivity index (χ1v) is 11.7. The Morgan fingerprint density at radius 2 is 2.08 bits per heavy atom. The second kappa shape index (κ2) is 12.1. The number of nitrogens with one attached hydrogen (secondary N) is 2. The Kier molecular flexibility index (Phi) is 8.48. The Bertz CT molecular complexity index is 1210. The highest BCUT2D eigenvalue weighted by Gasteiger charge is 2.30. The molecule has 0 spiro atoms. The van der Waals surface area contributed by atoms with Crippen LogP contribution in [0, 0.1) is 10.1 Å². The van der Waals surface area contributed by atoms with Crippen molar-refractivity contribution >= 4 is 28.4 Å². The number of aromatic nitrogens is 1. The fourth-order valence-electron chi connectivity index (χ4n) is 3.90. The standard InChI is InChI=1S/C25H28N4O7/c30-11-3-4-12-34-24-14-17(20-16-35-21-6-2-1-5-19(20)21)13-22(36-24)25(31)27-10-9-26-23-8-7-18(15-28-23)29(32)33/h1-2,5-8,13,15-17,24,30H,3-4,9-12,14H2,(H,26,28)(H,27,31)/t17-,24+/m0/s1. The molecular weight excluding hydrogens is 468 g/mol. The lowest BCUT2D eigenvalue weighted by atomic mass is 9.92. The molecule has 2 atom stereocenters. The molecule has 190 valence electrons. The molecule has 0 radical (unpaired) electrons. The highest BCUT2D eigenvalue weighted by atomic mass is 16.7. The van der Waals surface area contributed by atoms with Crippen LogP contribution >= 0.6 is 0 Å². The number of carbonyl (C=O) groups excluding carboxylic acids is 1. The van der Waals surface area contributed by atoms with Crippen LogP contribution in [-0.4, -0.2) is 53.5 Å². The molecule has 3 N–H and O–H groups in total. The van der Waals surface area contributed by atoms with Gasteiger partial charge in [-0.25, -0.2) is 4.98 Å². The third kappa shape index (κ3) is 6.37. The zero-order valence-corrected chi connectivity index (χ0v) is 19.6. The largest absolute Gasteiger partial charge is 0.464 e. The molecule has 0 aliphatic carbocycles. The molecule has 2 aromatic heterocycles. The maximum Gasteiger partial charge on any atom is 0.287 e. The van der Waals surface area contributed by atoms with E-state index in [0.717, 1.165) is 16.5 Å². The van der Waals surface area contributed by atoms with Crippen molar-refractivity contribution < 1.29 is 28.7 Å². The van der Waals surface area contributed by atoms with Gasteiger partial charge in [0.2, 0.25) is 6.29 Å². The van der Waals surface area contributed by atoms with Gasteiger partial charge in [0.05, 0.1) is 17.8 Å². The molecule has 0 fully saturated rings. The van der Waals surface area contributed by atoms with E-state index in [1.165, 1.54) is 18.3 Å². The van der Waals surface area contributed by atoms with Crippen molar-refractivity contribution in [2.24, 2.45) is 0 Å². The highest BCUT2D eigenvalue weighted by molar-refractivity contribution is 5.92. The van der Waals surface area contributed by atoms with Crippen molar-refractivity contribution in [3.05, 3.63) is 76.4 Å². The van der Waals surface area contributed by atoms with Gasteiger partial charge in [0.15, 0.2) is 5.76 Å². The zero-order valence-electron chi connectivity index (χ0n) is 19.6. The molecule has 3 heterocycles. The number of aliphatic hydroxyl groups is 1. The maximum absolute atomic E-state index is 12.9. The SMILES string of the molecule is O=C(NCCNc1ccc([N+](=O)[O-])cn1)C1=C[C@H](c2coc3ccccc23)C[C@H](OCCCCO)O1. The lowest BCUT2D eigenvalue weighted by Crippen LogP contribution is -2.35. The number of hydrogen-bond donors (Lipinski definition) is 3. The Labute approximate surface area is 207 Å². The maximum atomic E-state index is 12.9. The number of nitrogens with zero attached hydrogens (tertiary/aromatic N) is 2. The summed E-state index contributed by atoms with van der Waals surface area (Å²) in [7, 11) is 0. The fraction of sp³-hybridized carbons (Fsp3) is 0.360. The van der Waals surface area contributed by atoms with E-state index in [2.05, 4.69) is 15.6 Å². The third-order valence-corrected chi connectivity index (χ3v) is 5.72. The van der Waals surface area contributed by atoms with Gasteiger partial charge in [0.25, 0.3) is 11.6 Å². The van der Waals surface area contributed by atoms with Gasteiger partial charge < -0.3 is 29.6 Å². The van der Waals surface area contributed by atoms with Crippen molar-refractivity contribution in [1.29, 1.82) is 0 Å². The van der Waals surface area contributed by atoms with Crippen LogP contribution in [0.5, 0.6) is 0 Å². The van der Waals surface area contributed by atoms with Crippen molar-refractivity contribution in [2.45, 2.75) is 31.5 Å². The molecule has 0 unspecified atom stereocenters. The number of fused-ring (bicyclic) bond motifs is 1. The smallest absolute Gasteiger partial charge is 0.287 e. The number of nitro groups is 1. The number of amides is 1. The second-order valence-corrected chi connectivity index (χ2v) is 8.25. The van der Waals surface area contributed by atoms with E-state index in [9.17, 15) is 14.9 Å². The quantitative estimate of drug-likeness (QED) is 0.195. The molecule has 1 aliphatic heterocycles. The molecule has 4 rings (SSSR count). The van der Waals surface area contributed by atoms with Gasteiger partial charge in [-0.1, -0.05) is 18.2 Å². The number of hydrogen-bond acceptors (Lipinski definition) is 9. The summed E-state index contributed by atoms with van der Waals surface area (Å²) in [6.45, 7) is 1.14. The van der Waals surface area contributed by atoms with E-state index in [-0.39, 0.29) is 36.4 Å². The summed E-state index contributed by atoms with van der Waals surface area (Å²) in [4.78, 5) is 27.1. The van der Waals surface area contributed by atoms with E-state index in [1.54, 1.807) is 12.3 Å². The average Bonchev–Trinajstić information content (AvgIpc) is 3.33. The summed E-state index contributed by atoms with van der Waals surface area (Å²) in [5, 5.41) is 26.5. The minimum absolute atomic E-state index is 0.0928. The van der Waals surface area contributed by atoms with Gasteiger partial charge in [-0.3, -0.25) is 14.9 Å². The van der Waals surface area contributed by atoms with Crippen molar-refractivity contribution in [2.75, 3.05) is 31.6 Å². The molecule has 1 amide bonds. The number of aliphatic hydroxyl groups excluding tert-OH is 1. The first-order chi connectivity index (χ1) is 17.5. The second-order valence-electron chi connectivity index (χ2n) is 8.25. The highest BCUT2D eigenvalue weighted by Crippen LogP contribution is 2.36. The molecule has 1 aliphatic rings. The van der Waals surface area contributed by atoms with Gasteiger partial charge in [-0.05, 0) is 31.1 Å². The predicted molar refractivity (Wildman–Crippen MR) is 131 cm³/mol. The first kappa shape index (κ1) is 25.1. The molecular formula is C25H28N4O7. The Balaban J connectivity index is 1.38. The van der Waals surface area contributed by atoms with Crippen LogP contribution in [0.3, 0.4) is 0 Å². The lowest BCUT2D eigenvalue weighted by Gasteiger charge is -2.29. The lowest BCUT2D eigenvalue weighted by molar-refractivity contribution is -0.385. The summed E-state index contributed by atoms with van der Waals surface area (Å²) < 4.78 is 17.4. The molecule has 0 saturated heterocycles. The average molecular weight is 497 g/mol. The van der Waals surface area contributed by atoms with E-state index >= 15 is 0 Å². The number of benzene rings is 1. The number of pyridine rings is 1. The number of unbranched alkanes of at least 4 members (excludes halogenated alkanes) is 1.